The van der Waals surface area contributed by atoms with E-state index < -0.39 is 0 Å². The lowest BCUT2D eigenvalue weighted by Crippen LogP contribution is -2.27. The Labute approximate surface area is 59.8 Å². The van der Waals surface area contributed by atoms with Gasteiger partial charge in [0.2, 0.25) is 0 Å². The van der Waals surface area contributed by atoms with Crippen molar-refractivity contribution >= 4 is 0 Å². The molecule has 1 atom stereocenters. The van der Waals surface area contributed by atoms with Crippen LogP contribution in [0.1, 0.15) is 24.9 Å². The predicted octanol–water partition coefficient (Wildman–Crippen LogP) is 0.324. The van der Waals surface area contributed by atoms with Crippen molar-refractivity contribution < 1.29 is 0 Å². The molecule has 0 aromatic carbocycles. The van der Waals surface area contributed by atoms with Gasteiger partial charge in [-0.25, -0.2) is 0 Å². The standard InChI is InChI=1S/C6H12N4/c1-2-6(10-7)5-3-8-9-4-5/h3-4,6,10H,2,7H2,1H3,(H,8,9). The van der Waals surface area contributed by atoms with Gasteiger partial charge in [-0.1, -0.05) is 6.92 Å². The fraction of sp³-hybridized carbons (Fsp3) is 0.500. The van der Waals surface area contributed by atoms with E-state index in [-0.39, 0.29) is 6.04 Å². The largest absolute Gasteiger partial charge is 0.285 e. The minimum absolute atomic E-state index is 0.221. The Morgan fingerprint density at radius 2 is 2.70 bits per heavy atom. The summed E-state index contributed by atoms with van der Waals surface area (Å²) in [7, 11) is 0. The van der Waals surface area contributed by atoms with Crippen molar-refractivity contribution in [3.8, 4) is 0 Å². The minimum atomic E-state index is 0.221. The van der Waals surface area contributed by atoms with E-state index in [0.29, 0.717) is 0 Å². The average molecular weight is 140 g/mol. The molecule has 0 aliphatic carbocycles. The molecule has 0 saturated heterocycles. The van der Waals surface area contributed by atoms with Gasteiger partial charge in [0.05, 0.1) is 6.20 Å². The molecule has 10 heavy (non-hydrogen) atoms. The Balaban J connectivity index is 2.64. The highest BCUT2D eigenvalue weighted by Crippen LogP contribution is 2.11. The zero-order valence-corrected chi connectivity index (χ0v) is 5.96. The first-order valence-corrected chi connectivity index (χ1v) is 3.33. The summed E-state index contributed by atoms with van der Waals surface area (Å²) in [4.78, 5) is 0. The van der Waals surface area contributed by atoms with Crippen molar-refractivity contribution in [2.75, 3.05) is 0 Å². The maximum atomic E-state index is 5.28. The lowest BCUT2D eigenvalue weighted by Gasteiger charge is -2.09. The molecule has 0 spiro atoms. The van der Waals surface area contributed by atoms with Crippen molar-refractivity contribution in [2.45, 2.75) is 19.4 Å². The molecule has 0 saturated carbocycles. The quantitative estimate of drug-likeness (QED) is 0.418. The Morgan fingerprint density at radius 3 is 3.10 bits per heavy atom. The highest BCUT2D eigenvalue weighted by molar-refractivity contribution is 5.08. The van der Waals surface area contributed by atoms with Crippen LogP contribution >= 0.6 is 0 Å². The zero-order chi connectivity index (χ0) is 7.40. The highest BCUT2D eigenvalue weighted by atomic mass is 15.2. The van der Waals surface area contributed by atoms with Crippen molar-refractivity contribution in [3.05, 3.63) is 18.0 Å². The number of aromatic amines is 1. The monoisotopic (exact) mass is 140 g/mol. The van der Waals surface area contributed by atoms with Gasteiger partial charge in [0, 0.05) is 17.8 Å². The van der Waals surface area contributed by atoms with Crippen molar-refractivity contribution in [2.24, 2.45) is 5.84 Å². The van der Waals surface area contributed by atoms with Crippen LogP contribution in [0.3, 0.4) is 0 Å². The van der Waals surface area contributed by atoms with E-state index >= 15 is 0 Å². The molecule has 0 fully saturated rings. The smallest absolute Gasteiger partial charge is 0.0535 e. The van der Waals surface area contributed by atoms with Gasteiger partial charge in [-0.05, 0) is 6.42 Å². The third kappa shape index (κ3) is 1.34. The Morgan fingerprint density at radius 1 is 1.90 bits per heavy atom. The van der Waals surface area contributed by atoms with E-state index in [0.717, 1.165) is 12.0 Å². The van der Waals surface area contributed by atoms with Crippen LogP contribution in [0.25, 0.3) is 0 Å². The normalized spacial score (nSPS) is 13.4. The lowest BCUT2D eigenvalue weighted by atomic mass is 10.1. The molecule has 4 N–H and O–H groups in total. The maximum Gasteiger partial charge on any atom is 0.0535 e. The zero-order valence-electron chi connectivity index (χ0n) is 5.96. The van der Waals surface area contributed by atoms with Gasteiger partial charge < -0.3 is 0 Å². The molecule has 4 heteroatoms. The molecule has 1 heterocycles. The molecule has 1 aromatic rings. The van der Waals surface area contributed by atoms with Gasteiger partial charge >= 0.3 is 0 Å². The number of aromatic nitrogens is 2. The molecule has 0 radical (unpaired) electrons. The summed E-state index contributed by atoms with van der Waals surface area (Å²) in [5.74, 6) is 5.28. The average Bonchev–Trinajstić information content (AvgIpc) is 2.43. The second-order valence-corrected chi connectivity index (χ2v) is 2.16. The van der Waals surface area contributed by atoms with E-state index in [1.165, 1.54) is 0 Å². The summed E-state index contributed by atoms with van der Waals surface area (Å²) in [5.41, 5.74) is 3.80. The third-order valence-corrected chi connectivity index (χ3v) is 1.53. The van der Waals surface area contributed by atoms with Crippen LogP contribution in [0, 0.1) is 0 Å². The van der Waals surface area contributed by atoms with E-state index in [2.05, 4.69) is 22.5 Å². The van der Waals surface area contributed by atoms with Crippen LogP contribution in [0.5, 0.6) is 0 Å². The van der Waals surface area contributed by atoms with Gasteiger partial charge in [0.25, 0.3) is 0 Å². The summed E-state index contributed by atoms with van der Waals surface area (Å²) < 4.78 is 0. The van der Waals surface area contributed by atoms with Gasteiger partial charge in [0.15, 0.2) is 0 Å². The molecule has 1 rings (SSSR count). The molecule has 1 unspecified atom stereocenters. The molecule has 0 aliphatic heterocycles. The van der Waals surface area contributed by atoms with Gasteiger partial charge in [-0.3, -0.25) is 16.4 Å². The molecule has 0 aliphatic rings. The van der Waals surface area contributed by atoms with Gasteiger partial charge in [0.1, 0.15) is 0 Å². The predicted molar refractivity (Wildman–Crippen MR) is 38.9 cm³/mol. The van der Waals surface area contributed by atoms with Crippen LogP contribution in [-0.2, 0) is 0 Å². The number of H-pyrrole nitrogens is 1. The molecular formula is C6H12N4. The summed E-state index contributed by atoms with van der Waals surface area (Å²) in [6.45, 7) is 2.07. The van der Waals surface area contributed by atoms with Crippen LogP contribution in [0.4, 0.5) is 0 Å². The minimum Gasteiger partial charge on any atom is -0.285 e. The van der Waals surface area contributed by atoms with Crippen LogP contribution in [0.15, 0.2) is 12.4 Å². The van der Waals surface area contributed by atoms with E-state index in [1.54, 1.807) is 6.20 Å². The van der Waals surface area contributed by atoms with Gasteiger partial charge in [-0.15, -0.1) is 0 Å². The van der Waals surface area contributed by atoms with Crippen LogP contribution in [0.2, 0.25) is 0 Å². The highest BCUT2D eigenvalue weighted by Gasteiger charge is 2.05. The number of hydrazine groups is 1. The summed E-state index contributed by atoms with van der Waals surface area (Å²) in [6, 6.07) is 0.221. The Bertz CT molecular complexity index is 166. The Kier molecular flexibility index (Phi) is 2.42. The second kappa shape index (κ2) is 3.34. The van der Waals surface area contributed by atoms with Crippen LogP contribution in [-0.4, -0.2) is 10.2 Å². The fourth-order valence-electron chi connectivity index (χ4n) is 0.901. The molecular weight excluding hydrogens is 128 g/mol. The number of nitrogens with one attached hydrogen (secondary N) is 2. The van der Waals surface area contributed by atoms with Gasteiger partial charge in [-0.2, -0.15) is 5.10 Å². The van der Waals surface area contributed by atoms with E-state index in [1.807, 2.05) is 6.20 Å². The fourth-order valence-corrected chi connectivity index (χ4v) is 0.901. The summed E-state index contributed by atoms with van der Waals surface area (Å²) >= 11 is 0. The first-order valence-electron chi connectivity index (χ1n) is 3.33. The topological polar surface area (TPSA) is 66.7 Å². The molecule has 56 valence electrons. The number of rotatable bonds is 3. The first kappa shape index (κ1) is 7.24. The van der Waals surface area contributed by atoms with Crippen molar-refractivity contribution in [1.29, 1.82) is 0 Å². The maximum absolute atomic E-state index is 5.28. The number of nitrogens with zero attached hydrogens (tertiary/aromatic N) is 1. The molecule has 0 amide bonds. The van der Waals surface area contributed by atoms with E-state index in [9.17, 15) is 0 Å². The SMILES string of the molecule is CCC(NN)c1cn[nH]c1. The van der Waals surface area contributed by atoms with Crippen molar-refractivity contribution in [3.63, 3.8) is 0 Å². The van der Waals surface area contributed by atoms with Crippen LogP contribution < -0.4 is 11.3 Å². The first-order chi connectivity index (χ1) is 4.88. The molecule has 1 aromatic heterocycles. The number of hydrogen-bond acceptors (Lipinski definition) is 3. The Hall–Kier alpha value is -0.870. The molecule has 4 nitrogen and oxygen atoms in total. The second-order valence-electron chi connectivity index (χ2n) is 2.16. The third-order valence-electron chi connectivity index (χ3n) is 1.53. The summed E-state index contributed by atoms with van der Waals surface area (Å²) in [6.07, 6.45) is 4.58. The number of nitrogens with two attached hydrogens (primary N) is 1. The van der Waals surface area contributed by atoms with E-state index in [4.69, 9.17) is 5.84 Å². The van der Waals surface area contributed by atoms with Crippen molar-refractivity contribution in [1.82, 2.24) is 15.6 Å². The molecule has 0 bridgehead atoms. The summed E-state index contributed by atoms with van der Waals surface area (Å²) in [5, 5.41) is 6.55. The lowest BCUT2D eigenvalue weighted by molar-refractivity contribution is 0.539. The number of hydrogen-bond donors (Lipinski definition) is 3.